The second-order valence-electron chi connectivity index (χ2n) is 5.95. The summed E-state index contributed by atoms with van der Waals surface area (Å²) in [5.74, 6) is -0.834. The zero-order valence-corrected chi connectivity index (χ0v) is 15.8. The predicted octanol–water partition coefficient (Wildman–Crippen LogP) is 4.90. The van der Waals surface area contributed by atoms with Crippen molar-refractivity contribution in [3.63, 3.8) is 0 Å². The molecule has 0 saturated carbocycles. The number of amides is 1. The van der Waals surface area contributed by atoms with Crippen LogP contribution in [0.15, 0.2) is 48.0 Å². The van der Waals surface area contributed by atoms with Gasteiger partial charge in [0.2, 0.25) is 5.91 Å². The van der Waals surface area contributed by atoms with Crippen molar-refractivity contribution in [2.24, 2.45) is 0 Å². The van der Waals surface area contributed by atoms with Gasteiger partial charge in [0, 0.05) is 22.3 Å². The molecule has 0 radical (unpaired) electrons. The van der Waals surface area contributed by atoms with Crippen molar-refractivity contribution in [1.29, 1.82) is 0 Å². The van der Waals surface area contributed by atoms with Gasteiger partial charge < -0.3 is 5.32 Å². The van der Waals surface area contributed by atoms with Crippen molar-refractivity contribution < 1.29 is 9.18 Å². The number of anilines is 1. The Bertz CT molecular complexity index is 1140. The number of rotatable bonds is 4. The van der Waals surface area contributed by atoms with Crippen molar-refractivity contribution in [3.05, 3.63) is 64.5 Å². The van der Waals surface area contributed by atoms with Gasteiger partial charge in [-0.25, -0.2) is 14.1 Å². The highest BCUT2D eigenvalue weighted by Crippen LogP contribution is 2.32. The maximum atomic E-state index is 13.2. The highest BCUT2D eigenvalue weighted by atomic mass is 35.5. The first-order valence-corrected chi connectivity index (χ1v) is 9.39. The molecule has 136 valence electrons. The molecule has 8 heteroatoms. The molecule has 0 bridgehead atoms. The van der Waals surface area contributed by atoms with Gasteiger partial charge in [0.05, 0.1) is 16.1 Å². The fourth-order valence-corrected chi connectivity index (χ4v) is 3.88. The Labute approximate surface area is 163 Å². The van der Waals surface area contributed by atoms with Crippen LogP contribution < -0.4 is 5.32 Å². The zero-order chi connectivity index (χ0) is 19.0. The number of carbonyl (C=O) groups excluding carboxylic acids is 1. The summed E-state index contributed by atoms with van der Waals surface area (Å²) in [7, 11) is 0. The number of hydrogen-bond donors (Lipinski definition) is 1. The van der Waals surface area contributed by atoms with Crippen LogP contribution in [-0.4, -0.2) is 20.7 Å². The number of halogens is 2. The molecule has 0 unspecified atom stereocenters. The minimum absolute atomic E-state index is 0.0137. The van der Waals surface area contributed by atoms with Crippen LogP contribution >= 0.6 is 22.9 Å². The van der Waals surface area contributed by atoms with Crippen molar-refractivity contribution in [2.75, 3.05) is 5.32 Å². The topological polar surface area (TPSA) is 59.8 Å². The molecule has 1 N–H and O–H groups in total. The SMILES string of the molecule is Cc1nn(CC(=O)Nc2ccc(F)c(Cl)c2)c2nccc(-c3cccs3)c12. The van der Waals surface area contributed by atoms with Crippen molar-refractivity contribution >= 4 is 45.6 Å². The highest BCUT2D eigenvalue weighted by Gasteiger charge is 2.16. The Kier molecular flexibility index (Phi) is 4.63. The second-order valence-corrected chi connectivity index (χ2v) is 7.31. The number of hydrogen-bond acceptors (Lipinski definition) is 4. The molecule has 0 aliphatic rings. The number of pyridine rings is 1. The van der Waals surface area contributed by atoms with E-state index in [2.05, 4.69) is 15.4 Å². The summed E-state index contributed by atoms with van der Waals surface area (Å²) in [4.78, 5) is 17.9. The summed E-state index contributed by atoms with van der Waals surface area (Å²) >= 11 is 7.39. The fraction of sp³-hybridized carbons (Fsp3) is 0.105. The molecule has 1 amide bonds. The minimum Gasteiger partial charge on any atom is -0.324 e. The lowest BCUT2D eigenvalue weighted by Crippen LogP contribution is -2.19. The molecule has 27 heavy (non-hydrogen) atoms. The van der Waals surface area contributed by atoms with Crippen LogP contribution in [0.5, 0.6) is 0 Å². The number of benzene rings is 1. The molecule has 0 spiro atoms. The highest BCUT2D eigenvalue weighted by molar-refractivity contribution is 7.13. The van der Waals surface area contributed by atoms with E-state index in [4.69, 9.17) is 11.6 Å². The maximum Gasteiger partial charge on any atom is 0.246 e. The van der Waals surface area contributed by atoms with Crippen LogP contribution in [0.4, 0.5) is 10.1 Å². The standard InChI is InChI=1S/C19H14ClFN4OS/c1-11-18-13(16-3-2-8-27-16)6-7-22-19(18)25(24-11)10-17(26)23-12-4-5-15(21)14(20)9-12/h2-9H,10H2,1H3,(H,23,26). The van der Waals surface area contributed by atoms with Gasteiger partial charge in [0.15, 0.2) is 5.65 Å². The third-order valence-corrected chi connectivity index (χ3v) is 5.28. The smallest absolute Gasteiger partial charge is 0.246 e. The van der Waals surface area contributed by atoms with Crippen molar-refractivity contribution in [2.45, 2.75) is 13.5 Å². The van der Waals surface area contributed by atoms with E-state index in [1.807, 2.05) is 30.5 Å². The van der Waals surface area contributed by atoms with Gasteiger partial charge in [-0.15, -0.1) is 11.3 Å². The number of nitrogens with zero attached hydrogens (tertiary/aromatic N) is 3. The molecule has 3 aromatic heterocycles. The van der Waals surface area contributed by atoms with E-state index in [-0.39, 0.29) is 17.5 Å². The lowest BCUT2D eigenvalue weighted by Gasteiger charge is -2.07. The number of aromatic nitrogens is 3. The number of carbonyl (C=O) groups is 1. The first kappa shape index (κ1) is 17.6. The summed E-state index contributed by atoms with van der Waals surface area (Å²) in [6.45, 7) is 1.88. The van der Waals surface area contributed by atoms with Crippen molar-refractivity contribution in [3.8, 4) is 10.4 Å². The summed E-state index contributed by atoms with van der Waals surface area (Å²) < 4.78 is 14.8. The maximum absolute atomic E-state index is 13.2. The summed E-state index contributed by atoms with van der Waals surface area (Å²) in [5.41, 5.74) is 2.92. The minimum atomic E-state index is -0.534. The molecule has 0 aliphatic carbocycles. The Morgan fingerprint density at radius 3 is 2.93 bits per heavy atom. The van der Waals surface area contributed by atoms with Gasteiger partial charge in [-0.3, -0.25) is 4.79 Å². The van der Waals surface area contributed by atoms with E-state index >= 15 is 0 Å². The largest absolute Gasteiger partial charge is 0.324 e. The van der Waals surface area contributed by atoms with Crippen LogP contribution in [0.25, 0.3) is 21.5 Å². The fourth-order valence-electron chi connectivity index (χ4n) is 2.94. The Morgan fingerprint density at radius 1 is 1.33 bits per heavy atom. The number of fused-ring (bicyclic) bond motifs is 1. The van der Waals surface area contributed by atoms with Crippen LogP contribution in [0, 0.1) is 12.7 Å². The molecule has 5 nitrogen and oxygen atoms in total. The molecular formula is C19H14ClFN4OS. The van der Waals surface area contributed by atoms with E-state index in [0.717, 1.165) is 21.5 Å². The Morgan fingerprint density at radius 2 is 2.19 bits per heavy atom. The Hall–Kier alpha value is -2.77. The molecule has 4 rings (SSSR count). The molecule has 0 aliphatic heterocycles. The number of thiophene rings is 1. The molecule has 4 aromatic rings. The van der Waals surface area contributed by atoms with Crippen LogP contribution in [0.1, 0.15) is 5.69 Å². The first-order chi connectivity index (χ1) is 13.0. The average Bonchev–Trinajstić information content (AvgIpc) is 3.27. The van der Waals surface area contributed by atoms with E-state index in [1.54, 1.807) is 22.2 Å². The molecule has 1 aromatic carbocycles. The summed E-state index contributed by atoms with van der Waals surface area (Å²) in [6.07, 6.45) is 1.71. The summed E-state index contributed by atoms with van der Waals surface area (Å²) in [5, 5.41) is 10.1. The lowest BCUT2D eigenvalue weighted by atomic mass is 10.1. The van der Waals surface area contributed by atoms with E-state index in [1.165, 1.54) is 18.2 Å². The normalized spacial score (nSPS) is 11.1. The average molecular weight is 401 g/mol. The second kappa shape index (κ2) is 7.09. The van der Waals surface area contributed by atoms with Gasteiger partial charge in [-0.2, -0.15) is 5.10 Å². The third kappa shape index (κ3) is 3.43. The third-order valence-electron chi connectivity index (χ3n) is 4.09. The quantitative estimate of drug-likeness (QED) is 0.530. The molecule has 0 fully saturated rings. The van der Waals surface area contributed by atoms with E-state index in [9.17, 15) is 9.18 Å². The van der Waals surface area contributed by atoms with E-state index in [0.29, 0.717) is 11.3 Å². The summed E-state index contributed by atoms with van der Waals surface area (Å²) in [6, 6.07) is 10.0. The molecule has 0 saturated heterocycles. The van der Waals surface area contributed by atoms with Gasteiger partial charge in [-0.05, 0) is 42.6 Å². The Balaban J connectivity index is 1.63. The van der Waals surface area contributed by atoms with Crippen LogP contribution in [-0.2, 0) is 11.3 Å². The van der Waals surface area contributed by atoms with Crippen molar-refractivity contribution in [1.82, 2.24) is 14.8 Å². The zero-order valence-electron chi connectivity index (χ0n) is 14.2. The van der Waals surface area contributed by atoms with Crippen LogP contribution in [0.3, 0.4) is 0 Å². The van der Waals surface area contributed by atoms with Gasteiger partial charge >= 0.3 is 0 Å². The van der Waals surface area contributed by atoms with Gasteiger partial charge in [-0.1, -0.05) is 17.7 Å². The monoisotopic (exact) mass is 400 g/mol. The van der Waals surface area contributed by atoms with Gasteiger partial charge in [0.25, 0.3) is 0 Å². The van der Waals surface area contributed by atoms with Crippen LogP contribution in [0.2, 0.25) is 5.02 Å². The molecule has 3 heterocycles. The predicted molar refractivity (Wildman–Crippen MR) is 106 cm³/mol. The lowest BCUT2D eigenvalue weighted by molar-refractivity contribution is -0.116. The van der Waals surface area contributed by atoms with E-state index < -0.39 is 5.82 Å². The first-order valence-electron chi connectivity index (χ1n) is 8.14. The van der Waals surface area contributed by atoms with Gasteiger partial charge in [0.1, 0.15) is 12.4 Å². The number of aryl methyl sites for hydroxylation is 1. The molecule has 0 atom stereocenters. The number of nitrogens with one attached hydrogen (secondary N) is 1. The molecular weight excluding hydrogens is 387 g/mol.